The summed E-state index contributed by atoms with van der Waals surface area (Å²) in [6.45, 7) is 4.82. The van der Waals surface area contributed by atoms with Gasteiger partial charge in [-0.15, -0.1) is 12.4 Å². The van der Waals surface area contributed by atoms with Gasteiger partial charge in [0.15, 0.2) is 5.76 Å². The van der Waals surface area contributed by atoms with Crippen molar-refractivity contribution in [2.75, 3.05) is 13.6 Å². The summed E-state index contributed by atoms with van der Waals surface area (Å²) in [6, 6.07) is 3.62. The molecule has 7 nitrogen and oxygen atoms in total. The molecule has 1 unspecified atom stereocenters. The summed E-state index contributed by atoms with van der Waals surface area (Å²) in [5.74, 6) is 1.83. The van der Waals surface area contributed by atoms with Crippen molar-refractivity contribution in [3.8, 4) is 11.6 Å². The van der Waals surface area contributed by atoms with E-state index in [4.69, 9.17) is 14.7 Å². The van der Waals surface area contributed by atoms with Crippen LogP contribution in [0.3, 0.4) is 0 Å². The molecule has 2 aromatic heterocycles. The number of aryl methyl sites for hydroxylation is 1. The summed E-state index contributed by atoms with van der Waals surface area (Å²) in [5.41, 5.74) is 6.00. The number of hydrogen-bond acceptors (Lipinski definition) is 6. The van der Waals surface area contributed by atoms with Gasteiger partial charge in [0, 0.05) is 32.5 Å². The second-order valence-corrected chi connectivity index (χ2v) is 6.00. The van der Waals surface area contributed by atoms with Gasteiger partial charge in [-0.3, -0.25) is 4.79 Å². The summed E-state index contributed by atoms with van der Waals surface area (Å²) in [5, 5.41) is 3.84. The van der Waals surface area contributed by atoms with E-state index in [1.54, 1.807) is 30.3 Å². The van der Waals surface area contributed by atoms with Crippen molar-refractivity contribution in [1.82, 2.24) is 15.0 Å². The normalized spacial score (nSPS) is 12.0. The van der Waals surface area contributed by atoms with Crippen LogP contribution in [0.25, 0.3) is 11.6 Å². The standard InChI is InChI=1S/C16H24N4O3.ClH/c1-11(2)12(17)8-9-20(3)15(21)7-6-14-18-16(19-23-14)13-5-4-10-22-13;/h4-5,10-12H,6-9,17H2,1-3H3;1H. The SMILES string of the molecule is CC(C)C(N)CCN(C)C(=O)CCc1nc(-c2ccco2)no1.Cl. The number of carbonyl (C=O) groups is 1. The van der Waals surface area contributed by atoms with Gasteiger partial charge in [-0.05, 0) is 24.5 Å². The quantitative estimate of drug-likeness (QED) is 0.780. The van der Waals surface area contributed by atoms with Gasteiger partial charge in [-0.1, -0.05) is 19.0 Å². The van der Waals surface area contributed by atoms with Gasteiger partial charge in [-0.25, -0.2) is 0 Å². The molecule has 2 aromatic rings. The molecule has 1 atom stereocenters. The molecule has 134 valence electrons. The fourth-order valence-corrected chi connectivity index (χ4v) is 2.07. The van der Waals surface area contributed by atoms with E-state index < -0.39 is 0 Å². The minimum atomic E-state index is 0. The van der Waals surface area contributed by atoms with Crippen LogP contribution in [0.1, 0.15) is 32.6 Å². The highest BCUT2D eigenvalue weighted by Crippen LogP contribution is 2.16. The number of hydrogen-bond donors (Lipinski definition) is 1. The number of carbonyl (C=O) groups excluding carboxylic acids is 1. The zero-order valence-electron chi connectivity index (χ0n) is 14.3. The molecule has 8 heteroatoms. The van der Waals surface area contributed by atoms with Crippen molar-refractivity contribution < 1.29 is 13.7 Å². The molecule has 0 radical (unpaired) electrons. The van der Waals surface area contributed by atoms with Crippen LogP contribution in [-0.2, 0) is 11.2 Å². The Morgan fingerprint density at radius 1 is 1.42 bits per heavy atom. The molecule has 2 heterocycles. The van der Waals surface area contributed by atoms with Crippen LogP contribution in [0.15, 0.2) is 27.3 Å². The monoisotopic (exact) mass is 356 g/mol. The Hall–Kier alpha value is -1.86. The van der Waals surface area contributed by atoms with E-state index in [-0.39, 0.29) is 24.4 Å². The first-order valence-corrected chi connectivity index (χ1v) is 7.83. The first-order chi connectivity index (χ1) is 11.0. The molecule has 0 saturated carbocycles. The summed E-state index contributed by atoms with van der Waals surface area (Å²) in [7, 11) is 1.79. The van der Waals surface area contributed by atoms with E-state index in [2.05, 4.69) is 24.0 Å². The molecule has 0 aliphatic rings. The molecule has 1 amide bonds. The van der Waals surface area contributed by atoms with Crippen LogP contribution in [0.5, 0.6) is 0 Å². The molecule has 24 heavy (non-hydrogen) atoms. The number of nitrogens with zero attached hydrogens (tertiary/aromatic N) is 3. The van der Waals surface area contributed by atoms with Crippen molar-refractivity contribution in [3.63, 3.8) is 0 Å². The van der Waals surface area contributed by atoms with Gasteiger partial charge in [0.1, 0.15) is 0 Å². The third-order valence-corrected chi connectivity index (χ3v) is 3.84. The Kier molecular flexibility index (Phi) is 7.94. The molecule has 0 spiro atoms. The molecule has 2 rings (SSSR count). The predicted molar refractivity (Wildman–Crippen MR) is 92.6 cm³/mol. The Morgan fingerprint density at radius 2 is 2.17 bits per heavy atom. The third kappa shape index (κ3) is 5.65. The molecular formula is C16H25ClN4O3. The molecular weight excluding hydrogens is 332 g/mol. The fraction of sp³-hybridized carbons (Fsp3) is 0.562. The van der Waals surface area contributed by atoms with Gasteiger partial charge in [0.2, 0.25) is 17.6 Å². The predicted octanol–water partition coefficient (Wildman–Crippen LogP) is 2.52. The number of furan rings is 1. The topological polar surface area (TPSA) is 98.4 Å². The van der Waals surface area contributed by atoms with Crippen molar-refractivity contribution >= 4 is 18.3 Å². The summed E-state index contributed by atoms with van der Waals surface area (Å²) < 4.78 is 10.3. The maximum atomic E-state index is 12.1. The van der Waals surface area contributed by atoms with Crippen molar-refractivity contribution in [1.29, 1.82) is 0 Å². The van der Waals surface area contributed by atoms with Crippen LogP contribution in [0.2, 0.25) is 0 Å². The molecule has 0 bridgehead atoms. The maximum absolute atomic E-state index is 12.1. The van der Waals surface area contributed by atoms with Gasteiger partial charge >= 0.3 is 0 Å². The van der Waals surface area contributed by atoms with Gasteiger partial charge in [-0.2, -0.15) is 4.98 Å². The average Bonchev–Trinajstić information content (AvgIpc) is 3.20. The fourth-order valence-electron chi connectivity index (χ4n) is 2.07. The molecule has 0 aliphatic heterocycles. The van der Waals surface area contributed by atoms with Crippen LogP contribution in [-0.4, -0.2) is 40.6 Å². The van der Waals surface area contributed by atoms with E-state index in [1.807, 2.05) is 0 Å². The number of nitrogens with two attached hydrogens (primary N) is 1. The van der Waals surface area contributed by atoms with Crippen LogP contribution < -0.4 is 5.73 Å². The highest BCUT2D eigenvalue weighted by Gasteiger charge is 2.15. The first kappa shape index (κ1) is 20.2. The lowest BCUT2D eigenvalue weighted by Gasteiger charge is -2.21. The second kappa shape index (κ2) is 9.44. The van der Waals surface area contributed by atoms with Crippen molar-refractivity contribution in [2.45, 2.75) is 39.2 Å². The minimum absolute atomic E-state index is 0. The smallest absolute Gasteiger partial charge is 0.238 e. The number of aromatic nitrogens is 2. The zero-order valence-corrected chi connectivity index (χ0v) is 15.1. The Balaban J connectivity index is 0.00000288. The summed E-state index contributed by atoms with van der Waals surface area (Å²) in [6.07, 6.45) is 3.08. The van der Waals surface area contributed by atoms with Gasteiger partial charge < -0.3 is 19.6 Å². The van der Waals surface area contributed by atoms with Crippen LogP contribution in [0, 0.1) is 5.92 Å². The average molecular weight is 357 g/mol. The molecule has 0 aliphatic carbocycles. The molecule has 0 saturated heterocycles. The van der Waals surface area contributed by atoms with E-state index in [0.29, 0.717) is 42.8 Å². The van der Waals surface area contributed by atoms with Crippen molar-refractivity contribution in [3.05, 3.63) is 24.3 Å². The second-order valence-electron chi connectivity index (χ2n) is 6.00. The number of amides is 1. The summed E-state index contributed by atoms with van der Waals surface area (Å²) in [4.78, 5) is 18.0. The van der Waals surface area contributed by atoms with Gasteiger partial charge in [0.25, 0.3) is 0 Å². The van der Waals surface area contributed by atoms with E-state index >= 15 is 0 Å². The third-order valence-electron chi connectivity index (χ3n) is 3.84. The lowest BCUT2D eigenvalue weighted by molar-refractivity contribution is -0.130. The lowest BCUT2D eigenvalue weighted by atomic mass is 10.0. The largest absolute Gasteiger partial charge is 0.461 e. The zero-order chi connectivity index (χ0) is 16.8. The van der Waals surface area contributed by atoms with E-state index in [9.17, 15) is 4.79 Å². The first-order valence-electron chi connectivity index (χ1n) is 7.83. The lowest BCUT2D eigenvalue weighted by Crippen LogP contribution is -2.34. The molecule has 2 N–H and O–H groups in total. The maximum Gasteiger partial charge on any atom is 0.238 e. The Labute approximate surface area is 148 Å². The molecule has 0 fully saturated rings. The highest BCUT2D eigenvalue weighted by atomic mass is 35.5. The minimum Gasteiger partial charge on any atom is -0.461 e. The number of rotatable bonds is 8. The Morgan fingerprint density at radius 3 is 2.79 bits per heavy atom. The number of halogens is 1. The van der Waals surface area contributed by atoms with E-state index in [0.717, 1.165) is 6.42 Å². The highest BCUT2D eigenvalue weighted by molar-refractivity contribution is 5.85. The Bertz CT molecular complexity index is 613. The molecule has 0 aromatic carbocycles. The van der Waals surface area contributed by atoms with E-state index in [1.165, 1.54) is 0 Å². The van der Waals surface area contributed by atoms with Crippen molar-refractivity contribution in [2.24, 2.45) is 11.7 Å². The van der Waals surface area contributed by atoms with Crippen LogP contribution >= 0.6 is 12.4 Å². The summed E-state index contributed by atoms with van der Waals surface area (Å²) >= 11 is 0. The van der Waals surface area contributed by atoms with Gasteiger partial charge in [0.05, 0.1) is 6.26 Å². The van der Waals surface area contributed by atoms with Crippen LogP contribution in [0.4, 0.5) is 0 Å².